The molecule has 0 aromatic heterocycles. The summed E-state index contributed by atoms with van der Waals surface area (Å²) >= 11 is 0. The number of carboxylic acids is 1. The van der Waals surface area contributed by atoms with Crippen molar-refractivity contribution >= 4 is 33.4 Å². The molecule has 0 aliphatic heterocycles. The van der Waals surface area contributed by atoms with Gasteiger partial charge in [0.15, 0.2) is 23.0 Å². The molecule has 0 spiro atoms. The molecule has 0 saturated heterocycles. The number of rotatable bonds is 8. The van der Waals surface area contributed by atoms with Crippen molar-refractivity contribution in [2.24, 2.45) is 0 Å². The smallest absolute Gasteiger partial charge is 0.305 e. The van der Waals surface area contributed by atoms with Crippen molar-refractivity contribution in [3.63, 3.8) is 0 Å². The van der Waals surface area contributed by atoms with E-state index in [1.54, 1.807) is 31.4 Å². The normalized spacial score (nSPS) is 10.7. The van der Waals surface area contributed by atoms with E-state index >= 15 is 0 Å². The molecule has 0 aliphatic carbocycles. The molecule has 0 atom stereocenters. The summed E-state index contributed by atoms with van der Waals surface area (Å²) < 4.78 is 21.7. The summed E-state index contributed by atoms with van der Waals surface area (Å²) in [6, 6.07) is 8.90. The van der Waals surface area contributed by atoms with Crippen molar-refractivity contribution in [2.45, 2.75) is 6.42 Å². The zero-order valence-corrected chi connectivity index (χ0v) is 17.2. The Balaban J connectivity index is 2.29. The van der Waals surface area contributed by atoms with Crippen LogP contribution >= 0.6 is 0 Å². The van der Waals surface area contributed by atoms with E-state index in [9.17, 15) is 9.59 Å². The molecule has 8 heteroatoms. The number of hydrogen-bond acceptors (Lipinski definition) is 6. The third-order valence-electron chi connectivity index (χ3n) is 4.83. The maximum atomic E-state index is 12.9. The average Bonchev–Trinajstić information content (AvgIpc) is 2.75. The predicted octanol–water partition coefficient (Wildman–Crippen LogP) is 3.23. The van der Waals surface area contributed by atoms with Crippen LogP contribution in [0.25, 0.3) is 21.5 Å². The van der Waals surface area contributed by atoms with Gasteiger partial charge < -0.3 is 29.4 Å². The Morgan fingerprint density at radius 1 is 0.767 bits per heavy atom. The summed E-state index contributed by atoms with van der Waals surface area (Å²) in [6.07, 6.45) is -0.167. The van der Waals surface area contributed by atoms with E-state index in [1.165, 1.54) is 21.3 Å². The fourth-order valence-electron chi connectivity index (χ4n) is 3.37. The van der Waals surface area contributed by atoms with Crippen LogP contribution in [-0.4, -0.2) is 52.0 Å². The summed E-state index contributed by atoms with van der Waals surface area (Å²) in [5, 5.41) is 14.5. The first-order chi connectivity index (χ1) is 14.4. The number of carboxylic acid groups (broad SMARTS) is 1. The van der Waals surface area contributed by atoms with Crippen molar-refractivity contribution in [2.75, 3.05) is 35.0 Å². The van der Waals surface area contributed by atoms with Gasteiger partial charge in [0, 0.05) is 12.1 Å². The summed E-state index contributed by atoms with van der Waals surface area (Å²) in [6.45, 7) is 0.0208. The Morgan fingerprint density at radius 2 is 1.27 bits per heavy atom. The Bertz CT molecular complexity index is 1120. The zero-order chi connectivity index (χ0) is 21.8. The zero-order valence-electron chi connectivity index (χ0n) is 17.2. The van der Waals surface area contributed by atoms with E-state index in [2.05, 4.69) is 5.32 Å². The number of carbonyl (C=O) groups is 2. The monoisotopic (exact) mass is 413 g/mol. The molecule has 0 unspecified atom stereocenters. The fourth-order valence-corrected chi connectivity index (χ4v) is 3.37. The number of aliphatic carboxylic acids is 1. The number of ether oxygens (including phenoxy) is 4. The first-order valence-electron chi connectivity index (χ1n) is 9.18. The lowest BCUT2D eigenvalue weighted by Gasteiger charge is -2.16. The molecule has 3 aromatic carbocycles. The number of benzene rings is 3. The molecule has 0 saturated carbocycles. The van der Waals surface area contributed by atoms with E-state index in [-0.39, 0.29) is 18.9 Å². The van der Waals surface area contributed by atoms with Crippen molar-refractivity contribution in [1.29, 1.82) is 0 Å². The van der Waals surface area contributed by atoms with Gasteiger partial charge in [0.25, 0.3) is 5.91 Å². The quantitative estimate of drug-likeness (QED) is 0.547. The molecule has 0 aliphatic rings. The van der Waals surface area contributed by atoms with E-state index in [0.29, 0.717) is 33.9 Å². The number of carbonyl (C=O) groups excluding carboxylic acids is 1. The Hall–Kier alpha value is -3.68. The SMILES string of the molecule is COc1cc2cc(C(=O)NCCC(=O)O)c3cc(OC)c(OC)cc3c2cc1OC. The van der Waals surface area contributed by atoms with Gasteiger partial charge in [0.05, 0.1) is 34.9 Å². The van der Waals surface area contributed by atoms with Crippen LogP contribution < -0.4 is 24.3 Å². The van der Waals surface area contributed by atoms with Gasteiger partial charge in [-0.2, -0.15) is 0 Å². The van der Waals surface area contributed by atoms with Crippen LogP contribution in [0.15, 0.2) is 30.3 Å². The molecule has 3 rings (SSSR count). The van der Waals surface area contributed by atoms with E-state index in [1.807, 2.05) is 6.07 Å². The maximum absolute atomic E-state index is 12.9. The third-order valence-corrected chi connectivity index (χ3v) is 4.83. The van der Waals surface area contributed by atoms with Crippen LogP contribution in [0.1, 0.15) is 16.8 Å². The second kappa shape index (κ2) is 8.77. The molecule has 0 bridgehead atoms. The van der Waals surface area contributed by atoms with Gasteiger partial charge >= 0.3 is 5.97 Å². The Kier molecular flexibility index (Phi) is 6.15. The van der Waals surface area contributed by atoms with Crippen LogP contribution in [0, 0.1) is 0 Å². The number of nitrogens with one attached hydrogen (secondary N) is 1. The molecule has 0 radical (unpaired) electrons. The molecule has 158 valence electrons. The predicted molar refractivity (Wildman–Crippen MR) is 112 cm³/mol. The highest BCUT2D eigenvalue weighted by Crippen LogP contribution is 2.41. The lowest BCUT2D eigenvalue weighted by atomic mass is 9.95. The number of amides is 1. The minimum absolute atomic E-state index is 0.0208. The molecule has 0 fully saturated rings. The van der Waals surface area contributed by atoms with Crippen LogP contribution in [0.5, 0.6) is 23.0 Å². The van der Waals surface area contributed by atoms with Crippen LogP contribution in [0.3, 0.4) is 0 Å². The van der Waals surface area contributed by atoms with Crippen LogP contribution in [-0.2, 0) is 4.79 Å². The van der Waals surface area contributed by atoms with Gasteiger partial charge in [-0.05, 0) is 51.9 Å². The van der Waals surface area contributed by atoms with Crippen molar-refractivity contribution in [1.82, 2.24) is 5.32 Å². The van der Waals surface area contributed by atoms with Crippen molar-refractivity contribution in [3.05, 3.63) is 35.9 Å². The van der Waals surface area contributed by atoms with Gasteiger partial charge in [-0.25, -0.2) is 0 Å². The second-order valence-corrected chi connectivity index (χ2v) is 6.50. The summed E-state index contributed by atoms with van der Waals surface area (Å²) in [4.78, 5) is 23.7. The highest BCUT2D eigenvalue weighted by Gasteiger charge is 2.18. The Labute approximate surface area is 173 Å². The highest BCUT2D eigenvalue weighted by molar-refractivity contribution is 6.18. The van der Waals surface area contributed by atoms with Gasteiger partial charge in [-0.1, -0.05) is 0 Å². The topological polar surface area (TPSA) is 103 Å². The number of fused-ring (bicyclic) bond motifs is 3. The highest BCUT2D eigenvalue weighted by atomic mass is 16.5. The van der Waals surface area contributed by atoms with Gasteiger partial charge in [-0.3, -0.25) is 9.59 Å². The Morgan fingerprint density at radius 3 is 1.80 bits per heavy atom. The van der Waals surface area contributed by atoms with Gasteiger partial charge in [-0.15, -0.1) is 0 Å². The maximum Gasteiger partial charge on any atom is 0.305 e. The molecule has 3 aromatic rings. The van der Waals surface area contributed by atoms with E-state index in [0.717, 1.165) is 16.2 Å². The van der Waals surface area contributed by atoms with E-state index < -0.39 is 5.97 Å². The second-order valence-electron chi connectivity index (χ2n) is 6.50. The van der Waals surface area contributed by atoms with Gasteiger partial charge in [0.1, 0.15) is 0 Å². The first kappa shape index (κ1) is 21.0. The number of methoxy groups -OCH3 is 4. The fraction of sp³-hybridized carbons (Fsp3) is 0.273. The molecule has 0 heterocycles. The van der Waals surface area contributed by atoms with Crippen LogP contribution in [0.4, 0.5) is 0 Å². The molecule has 1 amide bonds. The summed E-state index contributed by atoms with van der Waals surface area (Å²) in [7, 11) is 6.15. The minimum atomic E-state index is -0.984. The lowest BCUT2D eigenvalue weighted by molar-refractivity contribution is -0.136. The molecule has 2 N–H and O–H groups in total. The number of hydrogen-bond donors (Lipinski definition) is 2. The average molecular weight is 413 g/mol. The van der Waals surface area contributed by atoms with Gasteiger partial charge in [0.2, 0.25) is 0 Å². The first-order valence-corrected chi connectivity index (χ1v) is 9.18. The van der Waals surface area contributed by atoms with Crippen LogP contribution in [0.2, 0.25) is 0 Å². The van der Waals surface area contributed by atoms with Crippen molar-refractivity contribution in [3.8, 4) is 23.0 Å². The van der Waals surface area contributed by atoms with Crippen molar-refractivity contribution < 1.29 is 33.6 Å². The summed E-state index contributed by atoms with van der Waals surface area (Å²) in [5.41, 5.74) is 0.385. The summed E-state index contributed by atoms with van der Waals surface area (Å²) in [5.74, 6) is 0.711. The molecular weight excluding hydrogens is 390 g/mol. The molecular formula is C22H23NO7. The van der Waals surface area contributed by atoms with E-state index in [4.69, 9.17) is 24.1 Å². The lowest BCUT2D eigenvalue weighted by Crippen LogP contribution is -2.26. The standard InChI is InChI=1S/C22H23NO7/c1-27-17-8-12-7-16(22(26)23-6-5-21(24)25)15-11-20(30-4)19(29-3)10-14(15)13(12)9-18(17)28-2/h7-11H,5-6H2,1-4H3,(H,23,26)(H,24,25). The molecule has 30 heavy (non-hydrogen) atoms. The molecule has 8 nitrogen and oxygen atoms in total. The largest absolute Gasteiger partial charge is 0.493 e. The minimum Gasteiger partial charge on any atom is -0.493 e. The third kappa shape index (κ3) is 3.89.